The van der Waals surface area contributed by atoms with Crippen molar-refractivity contribution in [1.82, 2.24) is 9.88 Å². The fourth-order valence-electron chi connectivity index (χ4n) is 3.14. The van der Waals surface area contributed by atoms with Gasteiger partial charge in [0.1, 0.15) is 5.69 Å². The highest BCUT2D eigenvalue weighted by atomic mass is 16.2. The van der Waals surface area contributed by atoms with E-state index in [1.807, 2.05) is 23.9 Å². The van der Waals surface area contributed by atoms with E-state index >= 15 is 0 Å². The van der Waals surface area contributed by atoms with E-state index in [1.54, 1.807) is 0 Å². The van der Waals surface area contributed by atoms with Gasteiger partial charge in [0, 0.05) is 24.3 Å². The minimum atomic E-state index is -0.375. The van der Waals surface area contributed by atoms with Gasteiger partial charge < -0.3 is 15.6 Å². The lowest BCUT2D eigenvalue weighted by Crippen LogP contribution is -2.48. The van der Waals surface area contributed by atoms with Crippen molar-refractivity contribution in [3.8, 4) is 0 Å². The second kappa shape index (κ2) is 8.05. The van der Waals surface area contributed by atoms with Crippen molar-refractivity contribution in [2.75, 3.05) is 0 Å². The van der Waals surface area contributed by atoms with E-state index in [1.165, 1.54) is 0 Å². The van der Waals surface area contributed by atoms with Crippen molar-refractivity contribution in [3.05, 3.63) is 23.5 Å². The summed E-state index contributed by atoms with van der Waals surface area (Å²) in [5.41, 5.74) is 7.53. The van der Waals surface area contributed by atoms with Gasteiger partial charge in [-0.25, -0.2) is 0 Å². The van der Waals surface area contributed by atoms with Crippen LogP contribution in [0, 0.1) is 0 Å². The maximum atomic E-state index is 12.8. The molecule has 0 fully saturated rings. The van der Waals surface area contributed by atoms with E-state index in [2.05, 4.69) is 33.0 Å². The summed E-state index contributed by atoms with van der Waals surface area (Å²) in [6.07, 6.45) is 6.75. The van der Waals surface area contributed by atoms with Gasteiger partial charge in [-0.2, -0.15) is 0 Å². The van der Waals surface area contributed by atoms with Gasteiger partial charge in [0.2, 0.25) is 0 Å². The zero-order valence-electron chi connectivity index (χ0n) is 15.4. The lowest BCUT2D eigenvalue weighted by molar-refractivity contribution is 0.0880. The molecule has 1 rings (SSSR count). The predicted octanol–water partition coefficient (Wildman–Crippen LogP) is 3.26. The molecule has 0 spiro atoms. The van der Waals surface area contributed by atoms with Crippen LogP contribution in [0.5, 0.6) is 0 Å². The van der Waals surface area contributed by atoms with Crippen LogP contribution in [-0.2, 0) is 12.6 Å². The van der Waals surface area contributed by atoms with Crippen LogP contribution in [0.15, 0.2) is 12.3 Å². The second-order valence-electron chi connectivity index (χ2n) is 6.57. The first-order chi connectivity index (χ1) is 10.8. The monoisotopic (exact) mass is 317 g/mol. The van der Waals surface area contributed by atoms with Crippen LogP contribution < -0.4 is 11.1 Å². The number of hydrogen-bond donors (Lipinski definition) is 2. The van der Waals surface area contributed by atoms with Crippen LogP contribution in [-0.4, -0.2) is 23.9 Å². The van der Waals surface area contributed by atoms with Crippen LogP contribution in [0.2, 0.25) is 6.32 Å². The summed E-state index contributed by atoms with van der Waals surface area (Å²) >= 11 is 0. The van der Waals surface area contributed by atoms with Gasteiger partial charge in [-0.1, -0.05) is 34.0 Å². The average Bonchev–Trinajstić information content (AvgIpc) is 2.96. The van der Waals surface area contributed by atoms with Crippen LogP contribution in [0.25, 0.3) is 0 Å². The molecule has 1 amide bonds. The minimum absolute atomic E-state index is 0.0505. The molecule has 0 aliphatic heterocycles. The zero-order chi connectivity index (χ0) is 17.7. The van der Waals surface area contributed by atoms with Crippen molar-refractivity contribution in [1.29, 1.82) is 0 Å². The zero-order valence-corrected chi connectivity index (χ0v) is 15.4. The third kappa shape index (κ3) is 4.20. The number of aromatic nitrogens is 1. The van der Waals surface area contributed by atoms with Crippen molar-refractivity contribution in [2.45, 2.75) is 77.2 Å². The summed E-state index contributed by atoms with van der Waals surface area (Å²) in [4.78, 5) is 12.8. The van der Waals surface area contributed by atoms with Crippen molar-refractivity contribution in [2.24, 2.45) is 12.8 Å². The molecule has 1 aromatic rings. The number of amides is 1. The number of nitrogens with two attached hydrogens (primary N) is 1. The summed E-state index contributed by atoms with van der Waals surface area (Å²) in [6.45, 7) is 8.34. The van der Waals surface area contributed by atoms with Gasteiger partial charge in [0.05, 0.1) is 7.85 Å². The standard InChI is InChI=1S/C18H32BN3O/c1-6-17(7-2,10-11-19)21-16(23)15-12-14(13-22(15)5)18(20,8-3)9-4/h12-13H,6-11,20H2,1-5H3,(H,21,23). The first kappa shape index (κ1) is 19.8. The third-order valence-electron chi connectivity index (χ3n) is 5.43. The SMILES string of the molecule is [B]CCC(CC)(CC)NC(=O)c1cc(C(N)(CC)CC)cn1C. The Balaban J connectivity index is 3.07. The normalized spacial score (nSPS) is 12.4. The van der Waals surface area contributed by atoms with Crippen LogP contribution in [0.1, 0.15) is 75.9 Å². The molecule has 23 heavy (non-hydrogen) atoms. The highest BCUT2D eigenvalue weighted by Crippen LogP contribution is 2.28. The molecule has 3 N–H and O–H groups in total. The molecule has 1 heterocycles. The van der Waals surface area contributed by atoms with Crippen molar-refractivity contribution in [3.63, 3.8) is 0 Å². The second-order valence-corrected chi connectivity index (χ2v) is 6.57. The van der Waals surface area contributed by atoms with E-state index in [-0.39, 0.29) is 17.0 Å². The Morgan fingerprint density at radius 1 is 1.22 bits per heavy atom. The number of hydrogen-bond acceptors (Lipinski definition) is 2. The maximum Gasteiger partial charge on any atom is 0.268 e. The number of aryl methyl sites for hydroxylation is 1. The molecule has 2 radical (unpaired) electrons. The fourth-order valence-corrected chi connectivity index (χ4v) is 3.14. The molecule has 128 valence electrons. The lowest BCUT2D eigenvalue weighted by Gasteiger charge is -2.33. The molecule has 0 bridgehead atoms. The molecular weight excluding hydrogens is 285 g/mol. The molecule has 5 heteroatoms. The molecule has 0 saturated heterocycles. The number of carbonyl (C=O) groups excluding carboxylic acids is 1. The molecule has 0 aromatic carbocycles. The van der Waals surface area contributed by atoms with Gasteiger partial charge in [0.25, 0.3) is 5.91 Å². The Bertz CT molecular complexity index is 516. The molecule has 1 aromatic heterocycles. The van der Waals surface area contributed by atoms with Crippen molar-refractivity contribution < 1.29 is 4.79 Å². The number of nitrogens with zero attached hydrogens (tertiary/aromatic N) is 1. The fraction of sp³-hybridized carbons (Fsp3) is 0.722. The molecular formula is C18H32BN3O. The van der Waals surface area contributed by atoms with Gasteiger partial charge in [-0.05, 0) is 43.7 Å². The molecule has 0 atom stereocenters. The topological polar surface area (TPSA) is 60.1 Å². The Morgan fingerprint density at radius 3 is 2.22 bits per heavy atom. The first-order valence-electron chi connectivity index (χ1n) is 8.79. The summed E-state index contributed by atoms with van der Waals surface area (Å²) in [5.74, 6) is -0.0505. The molecule has 4 nitrogen and oxygen atoms in total. The predicted molar refractivity (Wildman–Crippen MR) is 97.8 cm³/mol. The lowest BCUT2D eigenvalue weighted by atomic mass is 9.82. The summed E-state index contributed by atoms with van der Waals surface area (Å²) in [7, 11) is 7.63. The summed E-state index contributed by atoms with van der Waals surface area (Å²) < 4.78 is 1.87. The summed E-state index contributed by atoms with van der Waals surface area (Å²) in [6, 6.07) is 1.93. The highest BCUT2D eigenvalue weighted by molar-refractivity contribution is 6.08. The smallest absolute Gasteiger partial charge is 0.268 e. The van der Waals surface area contributed by atoms with E-state index in [0.717, 1.165) is 37.7 Å². The Morgan fingerprint density at radius 2 is 1.78 bits per heavy atom. The van der Waals surface area contributed by atoms with E-state index < -0.39 is 0 Å². The number of carbonyl (C=O) groups is 1. The molecule has 0 aliphatic carbocycles. The minimum Gasteiger partial charge on any atom is -0.346 e. The van der Waals surface area contributed by atoms with Gasteiger partial charge in [-0.15, -0.1) is 0 Å². The Hall–Kier alpha value is -1.23. The van der Waals surface area contributed by atoms with Crippen LogP contribution in [0.4, 0.5) is 0 Å². The quantitative estimate of drug-likeness (QED) is 0.687. The number of nitrogens with one attached hydrogen (secondary N) is 1. The molecule has 0 saturated carbocycles. The van der Waals surface area contributed by atoms with E-state index in [0.29, 0.717) is 12.0 Å². The largest absolute Gasteiger partial charge is 0.346 e. The maximum absolute atomic E-state index is 12.8. The first-order valence-corrected chi connectivity index (χ1v) is 8.79. The highest BCUT2D eigenvalue weighted by Gasteiger charge is 2.30. The molecule has 0 unspecified atom stereocenters. The van der Waals surface area contributed by atoms with Crippen molar-refractivity contribution >= 4 is 13.8 Å². The average molecular weight is 317 g/mol. The third-order valence-corrected chi connectivity index (χ3v) is 5.43. The summed E-state index contributed by atoms with van der Waals surface area (Å²) in [5, 5.41) is 3.21. The van der Waals surface area contributed by atoms with Crippen LogP contribution in [0.3, 0.4) is 0 Å². The van der Waals surface area contributed by atoms with Gasteiger partial charge in [0.15, 0.2) is 0 Å². The van der Waals surface area contributed by atoms with Crippen LogP contribution >= 0.6 is 0 Å². The van der Waals surface area contributed by atoms with E-state index in [4.69, 9.17) is 13.6 Å². The van der Waals surface area contributed by atoms with Gasteiger partial charge >= 0.3 is 0 Å². The Labute approximate surface area is 142 Å². The van der Waals surface area contributed by atoms with Gasteiger partial charge in [-0.3, -0.25) is 4.79 Å². The Kier molecular flexibility index (Phi) is 6.93. The number of rotatable bonds is 9. The van der Waals surface area contributed by atoms with E-state index in [9.17, 15) is 4.79 Å². The molecule has 0 aliphatic rings.